The number of phenols is 2. The molecule has 2 nitrogen and oxygen atoms in total. The van der Waals surface area contributed by atoms with Crippen molar-refractivity contribution in [3.8, 4) is 11.5 Å². The molecule has 2 heteroatoms. The van der Waals surface area contributed by atoms with Gasteiger partial charge >= 0.3 is 0 Å². The second-order valence-electron chi connectivity index (χ2n) is 6.73. The lowest BCUT2D eigenvalue weighted by atomic mass is 9.77. The quantitative estimate of drug-likeness (QED) is 0.733. The van der Waals surface area contributed by atoms with Gasteiger partial charge in [0.1, 0.15) is 11.5 Å². The van der Waals surface area contributed by atoms with Crippen LogP contribution in [0.3, 0.4) is 0 Å². The van der Waals surface area contributed by atoms with Crippen molar-refractivity contribution in [2.24, 2.45) is 0 Å². The summed E-state index contributed by atoms with van der Waals surface area (Å²) in [4.78, 5) is 0. The molecule has 0 aliphatic heterocycles. The van der Waals surface area contributed by atoms with Gasteiger partial charge < -0.3 is 10.2 Å². The minimum atomic E-state index is 0.354. The highest BCUT2D eigenvalue weighted by Crippen LogP contribution is 2.45. The van der Waals surface area contributed by atoms with Gasteiger partial charge in [-0.1, -0.05) is 38.0 Å². The third-order valence-electron chi connectivity index (χ3n) is 5.14. The van der Waals surface area contributed by atoms with Crippen LogP contribution in [0.2, 0.25) is 0 Å². The van der Waals surface area contributed by atoms with Crippen molar-refractivity contribution < 1.29 is 10.2 Å². The van der Waals surface area contributed by atoms with E-state index in [9.17, 15) is 10.2 Å². The van der Waals surface area contributed by atoms with E-state index < -0.39 is 0 Å². The number of aromatic hydroxyl groups is 2. The van der Waals surface area contributed by atoms with E-state index in [2.05, 4.69) is 19.1 Å². The van der Waals surface area contributed by atoms with Crippen LogP contribution in [-0.4, -0.2) is 10.2 Å². The molecule has 122 valence electrons. The Labute approximate surface area is 138 Å². The minimum Gasteiger partial charge on any atom is -0.508 e. The fourth-order valence-corrected chi connectivity index (χ4v) is 4.04. The summed E-state index contributed by atoms with van der Waals surface area (Å²) in [5, 5.41) is 19.7. The number of fused-ring (bicyclic) bond motifs is 1. The minimum absolute atomic E-state index is 0.354. The number of hydrogen-bond donors (Lipinski definition) is 2. The topological polar surface area (TPSA) is 40.5 Å². The number of unbranched alkanes of at least 4 members (excludes halogenated alkanes) is 1. The average Bonchev–Trinajstić information content (AvgIpc) is 2.71. The second-order valence-corrected chi connectivity index (χ2v) is 6.73. The fourth-order valence-electron chi connectivity index (χ4n) is 4.04. The van der Waals surface area contributed by atoms with E-state index in [0.717, 1.165) is 25.7 Å². The van der Waals surface area contributed by atoms with E-state index >= 15 is 0 Å². The zero-order chi connectivity index (χ0) is 16.2. The molecule has 0 saturated heterocycles. The van der Waals surface area contributed by atoms with Crippen molar-refractivity contribution in [3.05, 3.63) is 59.2 Å². The zero-order valence-electron chi connectivity index (χ0n) is 13.8. The fraction of sp³-hybridized carbons (Fsp3) is 0.429. The predicted molar refractivity (Wildman–Crippen MR) is 94.2 cm³/mol. The molecule has 0 bridgehead atoms. The molecule has 0 radical (unpaired) electrons. The molecule has 2 atom stereocenters. The lowest BCUT2D eigenvalue weighted by molar-refractivity contribution is 0.454. The van der Waals surface area contributed by atoms with Gasteiger partial charge in [0.05, 0.1) is 0 Å². The molecule has 1 aliphatic carbocycles. The van der Waals surface area contributed by atoms with Gasteiger partial charge in [-0.2, -0.15) is 0 Å². The highest BCUT2D eigenvalue weighted by molar-refractivity contribution is 5.41. The van der Waals surface area contributed by atoms with Gasteiger partial charge in [0.15, 0.2) is 0 Å². The second kappa shape index (κ2) is 7.08. The van der Waals surface area contributed by atoms with Gasteiger partial charge in [0.2, 0.25) is 0 Å². The molecular weight excluding hydrogens is 284 g/mol. The molecule has 0 heterocycles. The Morgan fingerprint density at radius 3 is 2.65 bits per heavy atom. The SMILES string of the molecule is CCCCC1c2ccc(O)cc2CCCC1c1cccc(O)c1. The van der Waals surface area contributed by atoms with E-state index in [4.69, 9.17) is 0 Å². The normalized spacial score (nSPS) is 20.7. The molecule has 0 saturated carbocycles. The van der Waals surface area contributed by atoms with E-state index in [-0.39, 0.29) is 0 Å². The molecule has 2 unspecified atom stereocenters. The number of aryl methyl sites for hydroxylation is 1. The molecule has 2 N–H and O–H groups in total. The van der Waals surface area contributed by atoms with Crippen LogP contribution < -0.4 is 0 Å². The standard InChI is InChI=1S/C21H26O2/c1-2-3-9-21-19(15-6-4-8-17(22)13-15)10-5-7-16-14-18(23)11-12-20(16)21/h4,6,8,11-14,19,21-23H,2-3,5,7,9-10H2,1H3. The van der Waals surface area contributed by atoms with Crippen molar-refractivity contribution in [1.29, 1.82) is 0 Å². The van der Waals surface area contributed by atoms with E-state index in [1.54, 1.807) is 6.07 Å². The summed E-state index contributed by atoms with van der Waals surface area (Å²) in [7, 11) is 0. The summed E-state index contributed by atoms with van der Waals surface area (Å²) in [5.74, 6) is 1.63. The van der Waals surface area contributed by atoms with Crippen molar-refractivity contribution >= 4 is 0 Å². The molecule has 0 amide bonds. The van der Waals surface area contributed by atoms with E-state index in [0.29, 0.717) is 23.3 Å². The third-order valence-corrected chi connectivity index (χ3v) is 5.14. The first-order valence-electron chi connectivity index (χ1n) is 8.79. The van der Waals surface area contributed by atoms with Gasteiger partial charge in [0, 0.05) is 0 Å². The molecule has 3 rings (SSSR count). The smallest absolute Gasteiger partial charge is 0.115 e. The average molecular weight is 310 g/mol. The third kappa shape index (κ3) is 3.52. The number of phenolic OH excluding ortho intramolecular Hbond substituents is 2. The van der Waals surface area contributed by atoms with Crippen LogP contribution in [0.1, 0.15) is 67.6 Å². The Hall–Kier alpha value is -1.96. The van der Waals surface area contributed by atoms with Crippen LogP contribution in [0.15, 0.2) is 42.5 Å². The van der Waals surface area contributed by atoms with Crippen LogP contribution in [0.25, 0.3) is 0 Å². The highest BCUT2D eigenvalue weighted by Gasteiger charge is 2.28. The van der Waals surface area contributed by atoms with Gasteiger partial charge in [-0.15, -0.1) is 0 Å². The van der Waals surface area contributed by atoms with Crippen molar-refractivity contribution in [2.75, 3.05) is 0 Å². The first-order chi connectivity index (χ1) is 11.2. The van der Waals surface area contributed by atoms with Crippen molar-refractivity contribution in [1.82, 2.24) is 0 Å². The summed E-state index contributed by atoms with van der Waals surface area (Å²) in [5.41, 5.74) is 3.93. The van der Waals surface area contributed by atoms with Crippen LogP contribution in [0, 0.1) is 0 Å². The molecule has 0 fully saturated rings. The predicted octanol–water partition coefficient (Wildman–Crippen LogP) is 5.49. The maximum atomic E-state index is 9.87. The van der Waals surface area contributed by atoms with Gasteiger partial charge in [-0.05, 0) is 78.5 Å². The molecule has 1 aliphatic rings. The first kappa shape index (κ1) is 15.9. The summed E-state index contributed by atoms with van der Waals surface area (Å²) in [6.07, 6.45) is 6.85. The van der Waals surface area contributed by atoms with Gasteiger partial charge in [-0.3, -0.25) is 0 Å². The Morgan fingerprint density at radius 2 is 1.87 bits per heavy atom. The molecule has 0 aromatic heterocycles. The van der Waals surface area contributed by atoms with Gasteiger partial charge in [-0.25, -0.2) is 0 Å². The van der Waals surface area contributed by atoms with Crippen LogP contribution >= 0.6 is 0 Å². The van der Waals surface area contributed by atoms with Crippen LogP contribution in [0.5, 0.6) is 11.5 Å². The number of hydrogen-bond acceptors (Lipinski definition) is 2. The lowest BCUT2D eigenvalue weighted by Crippen LogP contribution is -2.11. The molecule has 23 heavy (non-hydrogen) atoms. The summed E-state index contributed by atoms with van der Waals surface area (Å²) in [6, 6.07) is 13.6. The largest absolute Gasteiger partial charge is 0.508 e. The lowest BCUT2D eigenvalue weighted by Gasteiger charge is -2.27. The molecule has 0 spiro atoms. The Balaban J connectivity index is 2.02. The number of rotatable bonds is 4. The number of benzene rings is 2. The maximum absolute atomic E-state index is 9.87. The Morgan fingerprint density at radius 1 is 1.04 bits per heavy atom. The Kier molecular flexibility index (Phi) is 4.90. The molecular formula is C21H26O2. The van der Waals surface area contributed by atoms with Gasteiger partial charge in [0.25, 0.3) is 0 Å². The first-order valence-corrected chi connectivity index (χ1v) is 8.79. The molecule has 2 aromatic carbocycles. The van der Waals surface area contributed by atoms with E-state index in [1.165, 1.54) is 29.5 Å². The monoisotopic (exact) mass is 310 g/mol. The summed E-state index contributed by atoms with van der Waals surface area (Å²) in [6.45, 7) is 2.23. The highest BCUT2D eigenvalue weighted by atomic mass is 16.3. The van der Waals surface area contributed by atoms with Crippen molar-refractivity contribution in [2.45, 2.75) is 57.3 Å². The van der Waals surface area contributed by atoms with Crippen LogP contribution in [0.4, 0.5) is 0 Å². The van der Waals surface area contributed by atoms with E-state index in [1.807, 2.05) is 24.3 Å². The maximum Gasteiger partial charge on any atom is 0.115 e. The Bertz CT molecular complexity index is 663. The molecule has 2 aromatic rings. The van der Waals surface area contributed by atoms with Crippen LogP contribution in [-0.2, 0) is 6.42 Å². The van der Waals surface area contributed by atoms with Crippen molar-refractivity contribution in [3.63, 3.8) is 0 Å². The summed E-state index contributed by atoms with van der Waals surface area (Å²) < 4.78 is 0. The zero-order valence-corrected chi connectivity index (χ0v) is 13.8. The summed E-state index contributed by atoms with van der Waals surface area (Å²) >= 11 is 0.